The van der Waals surface area contributed by atoms with E-state index in [2.05, 4.69) is 5.32 Å². The van der Waals surface area contributed by atoms with Crippen LogP contribution in [0.15, 0.2) is 60.7 Å². The predicted molar refractivity (Wildman–Crippen MR) is 98.5 cm³/mol. The zero-order valence-electron chi connectivity index (χ0n) is 14.3. The number of carboxylic acid groups (broad SMARTS) is 1. The van der Waals surface area contributed by atoms with Crippen molar-refractivity contribution in [1.82, 2.24) is 10.2 Å². The highest BCUT2D eigenvalue weighted by Crippen LogP contribution is 2.31. The first kappa shape index (κ1) is 16.6. The standard InChI is InChI=1S/C20H21N3O3/c24-19(25)18-17-12-11-14(21-17)13-22(18)20(26)23(15-7-3-1-4-8-15)16-9-5-2-6-10-16/h1-10,14,17-18,21H,11-13H2,(H,24,25)/t14-,17+,18+/m0/s1. The first-order valence-electron chi connectivity index (χ1n) is 8.85. The van der Waals surface area contributed by atoms with Gasteiger partial charge in [0.2, 0.25) is 0 Å². The second-order valence-corrected chi connectivity index (χ2v) is 6.77. The molecule has 0 aromatic heterocycles. The first-order chi connectivity index (χ1) is 12.6. The van der Waals surface area contributed by atoms with Crippen molar-refractivity contribution in [3.8, 4) is 0 Å². The quantitative estimate of drug-likeness (QED) is 0.892. The third kappa shape index (κ3) is 2.93. The molecule has 2 aromatic carbocycles. The van der Waals surface area contributed by atoms with Crippen molar-refractivity contribution in [1.29, 1.82) is 0 Å². The van der Waals surface area contributed by atoms with Crippen LogP contribution in [0.5, 0.6) is 0 Å². The molecule has 134 valence electrons. The van der Waals surface area contributed by atoms with Crippen molar-refractivity contribution in [2.45, 2.75) is 31.0 Å². The zero-order chi connectivity index (χ0) is 18.1. The van der Waals surface area contributed by atoms with Crippen molar-refractivity contribution in [3.63, 3.8) is 0 Å². The number of likely N-dealkylation sites (tertiary alicyclic amines) is 1. The number of piperazine rings is 1. The van der Waals surface area contributed by atoms with Crippen molar-refractivity contribution in [2.24, 2.45) is 0 Å². The van der Waals surface area contributed by atoms with E-state index in [1.54, 1.807) is 4.90 Å². The minimum Gasteiger partial charge on any atom is -0.480 e. The fourth-order valence-corrected chi connectivity index (χ4v) is 3.97. The molecule has 4 rings (SSSR count). The summed E-state index contributed by atoms with van der Waals surface area (Å²) in [6, 6.07) is 17.5. The molecule has 0 saturated carbocycles. The van der Waals surface area contributed by atoms with Crippen LogP contribution in [0.4, 0.5) is 16.2 Å². The van der Waals surface area contributed by atoms with E-state index in [9.17, 15) is 14.7 Å². The van der Waals surface area contributed by atoms with E-state index >= 15 is 0 Å². The summed E-state index contributed by atoms with van der Waals surface area (Å²) in [7, 11) is 0. The molecule has 6 nitrogen and oxygen atoms in total. The highest BCUT2D eigenvalue weighted by molar-refractivity contribution is 6.01. The van der Waals surface area contributed by atoms with Gasteiger partial charge >= 0.3 is 12.0 Å². The van der Waals surface area contributed by atoms with Crippen LogP contribution in [0.2, 0.25) is 0 Å². The van der Waals surface area contributed by atoms with Gasteiger partial charge in [-0.3, -0.25) is 4.90 Å². The minimum absolute atomic E-state index is 0.160. The number of hydrogen-bond donors (Lipinski definition) is 2. The monoisotopic (exact) mass is 351 g/mol. The maximum atomic E-state index is 13.5. The Kier molecular flexibility index (Phi) is 4.34. The van der Waals surface area contributed by atoms with Crippen LogP contribution < -0.4 is 10.2 Å². The summed E-state index contributed by atoms with van der Waals surface area (Å²) in [6.07, 6.45) is 1.68. The number of rotatable bonds is 3. The lowest BCUT2D eigenvalue weighted by atomic mass is 10.1. The molecule has 2 bridgehead atoms. The van der Waals surface area contributed by atoms with Crippen molar-refractivity contribution in [2.75, 3.05) is 11.4 Å². The number of nitrogens with zero attached hydrogens (tertiary/aromatic N) is 2. The summed E-state index contributed by atoms with van der Waals surface area (Å²) in [5.74, 6) is -0.961. The van der Waals surface area contributed by atoms with E-state index in [-0.39, 0.29) is 18.1 Å². The van der Waals surface area contributed by atoms with Crippen LogP contribution in [0.3, 0.4) is 0 Å². The van der Waals surface area contributed by atoms with Gasteiger partial charge < -0.3 is 15.3 Å². The molecule has 2 N–H and O–H groups in total. The van der Waals surface area contributed by atoms with E-state index in [1.165, 1.54) is 4.90 Å². The highest BCUT2D eigenvalue weighted by atomic mass is 16.4. The molecule has 2 aliphatic rings. The molecule has 0 spiro atoms. The van der Waals surface area contributed by atoms with Gasteiger partial charge in [0, 0.05) is 18.6 Å². The van der Waals surface area contributed by atoms with Crippen LogP contribution in [-0.4, -0.2) is 46.7 Å². The first-order valence-corrected chi connectivity index (χ1v) is 8.85. The third-order valence-electron chi connectivity index (χ3n) is 5.13. The minimum atomic E-state index is -0.961. The molecule has 3 atom stereocenters. The Labute approximate surface area is 152 Å². The van der Waals surface area contributed by atoms with Crippen LogP contribution in [-0.2, 0) is 4.79 Å². The Morgan fingerprint density at radius 2 is 1.54 bits per heavy atom. The number of urea groups is 1. The number of anilines is 2. The highest BCUT2D eigenvalue weighted by Gasteiger charge is 2.47. The molecule has 2 fully saturated rings. The van der Waals surface area contributed by atoms with E-state index in [4.69, 9.17) is 0 Å². The van der Waals surface area contributed by atoms with Gasteiger partial charge in [-0.15, -0.1) is 0 Å². The molecule has 26 heavy (non-hydrogen) atoms. The smallest absolute Gasteiger partial charge is 0.329 e. The van der Waals surface area contributed by atoms with Crippen LogP contribution in [0.25, 0.3) is 0 Å². The van der Waals surface area contributed by atoms with Crippen LogP contribution in [0.1, 0.15) is 12.8 Å². The van der Waals surface area contributed by atoms with Gasteiger partial charge in [-0.25, -0.2) is 9.59 Å². The predicted octanol–water partition coefficient (Wildman–Crippen LogP) is 2.83. The molecule has 0 radical (unpaired) electrons. The summed E-state index contributed by atoms with van der Waals surface area (Å²) >= 11 is 0. The lowest BCUT2D eigenvalue weighted by Crippen LogP contribution is -2.64. The van der Waals surface area contributed by atoms with Crippen LogP contribution >= 0.6 is 0 Å². The van der Waals surface area contributed by atoms with Crippen molar-refractivity contribution >= 4 is 23.4 Å². The Balaban J connectivity index is 1.73. The van der Waals surface area contributed by atoms with Crippen molar-refractivity contribution < 1.29 is 14.7 Å². The van der Waals surface area contributed by atoms with Gasteiger partial charge in [0.25, 0.3) is 0 Å². The average molecular weight is 351 g/mol. The Morgan fingerprint density at radius 3 is 2.08 bits per heavy atom. The molecule has 0 unspecified atom stereocenters. The lowest BCUT2D eigenvalue weighted by molar-refractivity contribution is -0.143. The van der Waals surface area contributed by atoms with Crippen LogP contribution in [0, 0.1) is 0 Å². The van der Waals surface area contributed by atoms with E-state index < -0.39 is 12.0 Å². The molecular formula is C20H21N3O3. The Bertz CT molecular complexity index is 757. The number of fused-ring (bicyclic) bond motifs is 2. The molecule has 2 aromatic rings. The number of amides is 2. The van der Waals surface area contributed by atoms with Gasteiger partial charge in [-0.1, -0.05) is 36.4 Å². The number of para-hydroxylation sites is 2. The Hall–Kier alpha value is -2.86. The van der Waals surface area contributed by atoms with Gasteiger partial charge in [-0.05, 0) is 37.1 Å². The molecule has 0 aliphatic carbocycles. The van der Waals surface area contributed by atoms with Gasteiger partial charge in [0.15, 0.2) is 0 Å². The molecule has 2 heterocycles. The summed E-state index contributed by atoms with van der Waals surface area (Å²) in [5.41, 5.74) is 1.44. The maximum Gasteiger partial charge on any atom is 0.329 e. The number of benzene rings is 2. The maximum absolute atomic E-state index is 13.5. The zero-order valence-corrected chi connectivity index (χ0v) is 14.3. The van der Waals surface area contributed by atoms with Crippen molar-refractivity contribution in [3.05, 3.63) is 60.7 Å². The number of carboxylic acids is 1. The van der Waals surface area contributed by atoms with Gasteiger partial charge in [-0.2, -0.15) is 0 Å². The average Bonchev–Trinajstić information content (AvgIpc) is 3.03. The fourth-order valence-electron chi connectivity index (χ4n) is 3.97. The summed E-state index contributed by atoms with van der Waals surface area (Å²) in [4.78, 5) is 28.5. The van der Waals surface area contributed by atoms with E-state index in [0.29, 0.717) is 6.54 Å². The SMILES string of the molecule is O=C(O)[C@H]1[C@H]2CC[C@@H](CN1C(=O)N(c1ccccc1)c1ccccc1)N2. The summed E-state index contributed by atoms with van der Waals surface area (Å²) < 4.78 is 0. The third-order valence-corrected chi connectivity index (χ3v) is 5.13. The molecular weight excluding hydrogens is 330 g/mol. The summed E-state index contributed by atoms with van der Waals surface area (Å²) in [6.45, 7) is 0.405. The molecule has 6 heteroatoms. The lowest BCUT2D eigenvalue weighted by Gasteiger charge is -2.41. The largest absolute Gasteiger partial charge is 0.480 e. The second-order valence-electron chi connectivity index (χ2n) is 6.77. The number of carbonyl (C=O) groups is 2. The Morgan fingerprint density at radius 1 is 0.962 bits per heavy atom. The van der Waals surface area contributed by atoms with Gasteiger partial charge in [0.05, 0.1) is 11.4 Å². The number of nitrogens with one attached hydrogen (secondary N) is 1. The topological polar surface area (TPSA) is 72.9 Å². The molecule has 2 aliphatic heterocycles. The van der Waals surface area contributed by atoms with E-state index in [0.717, 1.165) is 24.2 Å². The molecule has 2 amide bonds. The number of carbonyl (C=O) groups excluding carboxylic acids is 1. The second kappa shape index (κ2) is 6.80. The number of hydrogen-bond acceptors (Lipinski definition) is 3. The van der Waals surface area contributed by atoms with E-state index in [1.807, 2.05) is 60.7 Å². The fraction of sp³-hybridized carbons (Fsp3) is 0.300. The van der Waals surface area contributed by atoms with Gasteiger partial charge in [0.1, 0.15) is 6.04 Å². The number of aliphatic carboxylic acids is 1. The molecule has 2 saturated heterocycles. The summed E-state index contributed by atoms with van der Waals surface area (Å²) in [5, 5.41) is 13.1. The normalized spacial score (nSPS) is 24.3.